The Morgan fingerprint density at radius 2 is 2.17 bits per heavy atom. The van der Waals surface area contributed by atoms with Gasteiger partial charge in [-0.3, -0.25) is 9.58 Å². The molecule has 0 amide bonds. The molecule has 3 heterocycles. The van der Waals surface area contributed by atoms with Crippen LogP contribution < -0.4 is 0 Å². The van der Waals surface area contributed by atoms with Gasteiger partial charge in [-0.1, -0.05) is 0 Å². The van der Waals surface area contributed by atoms with Gasteiger partial charge in [0.2, 0.25) is 0 Å². The lowest BCUT2D eigenvalue weighted by atomic mass is 10.1. The van der Waals surface area contributed by atoms with Crippen LogP contribution in [0, 0.1) is 12.8 Å². The van der Waals surface area contributed by atoms with E-state index in [9.17, 15) is 5.11 Å². The molecule has 4 rings (SSSR count). The summed E-state index contributed by atoms with van der Waals surface area (Å²) in [5, 5.41) is 26.4. The predicted molar refractivity (Wildman–Crippen MR) is 82.4 cm³/mol. The minimum absolute atomic E-state index is 0.371. The molecule has 1 saturated carbocycles. The molecule has 0 bridgehead atoms. The number of rotatable bonds is 6. The fraction of sp³-hybridized carbons (Fsp3) is 0.733. The summed E-state index contributed by atoms with van der Waals surface area (Å²) in [6.07, 6.45) is 2.92. The molecule has 2 aromatic rings. The van der Waals surface area contributed by atoms with Crippen LogP contribution in [0.25, 0.3) is 0 Å². The molecule has 0 aromatic carbocycles. The SMILES string of the molecule is Cc1nnnn1CCCN1CCn2nc([C@H](O)C3CC3)cc2C1. The van der Waals surface area contributed by atoms with Gasteiger partial charge in [-0.15, -0.1) is 5.10 Å². The molecule has 2 aliphatic rings. The molecule has 0 spiro atoms. The van der Waals surface area contributed by atoms with Gasteiger partial charge in [0.1, 0.15) is 11.9 Å². The maximum absolute atomic E-state index is 10.2. The number of aliphatic hydroxyl groups is 1. The lowest BCUT2D eigenvalue weighted by Crippen LogP contribution is -2.34. The topological polar surface area (TPSA) is 84.9 Å². The van der Waals surface area contributed by atoms with Crippen molar-refractivity contribution in [3.63, 3.8) is 0 Å². The van der Waals surface area contributed by atoms with Crippen molar-refractivity contribution < 1.29 is 5.11 Å². The van der Waals surface area contributed by atoms with E-state index in [-0.39, 0.29) is 6.10 Å². The van der Waals surface area contributed by atoms with Crippen molar-refractivity contribution in [1.29, 1.82) is 0 Å². The number of tetrazole rings is 1. The molecule has 8 heteroatoms. The van der Waals surface area contributed by atoms with Crippen molar-refractivity contribution >= 4 is 0 Å². The van der Waals surface area contributed by atoms with Gasteiger partial charge in [-0.05, 0) is 48.6 Å². The number of fused-ring (bicyclic) bond motifs is 1. The third-order valence-corrected chi connectivity index (χ3v) is 4.82. The monoisotopic (exact) mass is 317 g/mol. The van der Waals surface area contributed by atoms with E-state index in [0.29, 0.717) is 5.92 Å². The summed E-state index contributed by atoms with van der Waals surface area (Å²) in [7, 11) is 0. The van der Waals surface area contributed by atoms with Gasteiger partial charge in [0.25, 0.3) is 0 Å². The summed E-state index contributed by atoms with van der Waals surface area (Å²) >= 11 is 0. The molecule has 1 atom stereocenters. The normalized spacial score (nSPS) is 19.7. The lowest BCUT2D eigenvalue weighted by Gasteiger charge is -2.27. The first kappa shape index (κ1) is 14.8. The maximum Gasteiger partial charge on any atom is 0.148 e. The Kier molecular flexibility index (Phi) is 3.86. The van der Waals surface area contributed by atoms with Crippen LogP contribution in [0.15, 0.2) is 6.07 Å². The van der Waals surface area contributed by atoms with Gasteiger partial charge in [0, 0.05) is 26.2 Å². The zero-order valence-electron chi connectivity index (χ0n) is 13.5. The van der Waals surface area contributed by atoms with Gasteiger partial charge in [-0.2, -0.15) is 5.10 Å². The van der Waals surface area contributed by atoms with E-state index < -0.39 is 0 Å². The molecule has 1 aliphatic carbocycles. The van der Waals surface area contributed by atoms with Gasteiger partial charge in [-0.25, -0.2) is 4.68 Å². The molecule has 1 fully saturated rings. The summed E-state index contributed by atoms with van der Waals surface area (Å²) in [4.78, 5) is 2.43. The predicted octanol–water partition coefficient (Wildman–Crippen LogP) is 0.527. The van der Waals surface area contributed by atoms with Crippen molar-refractivity contribution in [1.82, 2.24) is 34.9 Å². The number of aliphatic hydroxyl groups excluding tert-OH is 1. The van der Waals surface area contributed by atoms with Crippen LogP contribution >= 0.6 is 0 Å². The highest BCUT2D eigenvalue weighted by Gasteiger charge is 2.33. The van der Waals surface area contributed by atoms with Gasteiger partial charge < -0.3 is 5.11 Å². The van der Waals surface area contributed by atoms with E-state index in [4.69, 9.17) is 0 Å². The minimum atomic E-state index is -0.371. The highest BCUT2D eigenvalue weighted by atomic mass is 16.3. The quantitative estimate of drug-likeness (QED) is 0.836. The second-order valence-corrected chi connectivity index (χ2v) is 6.64. The van der Waals surface area contributed by atoms with E-state index in [1.807, 2.05) is 11.6 Å². The van der Waals surface area contributed by atoms with E-state index >= 15 is 0 Å². The molecule has 1 N–H and O–H groups in total. The number of nitrogens with zero attached hydrogens (tertiary/aromatic N) is 7. The number of hydrogen-bond donors (Lipinski definition) is 1. The summed E-state index contributed by atoms with van der Waals surface area (Å²) in [6.45, 7) is 6.59. The Morgan fingerprint density at radius 1 is 1.30 bits per heavy atom. The smallest absolute Gasteiger partial charge is 0.148 e. The Bertz CT molecular complexity index is 675. The Balaban J connectivity index is 1.32. The standard InChI is InChI=1S/C15H23N7O/c1-11-16-18-19-21(11)6-2-5-20-7-8-22-13(10-20)9-14(17-22)15(23)12-3-4-12/h9,12,15,23H,2-8,10H2,1H3/t15-/m1/s1. The van der Waals surface area contributed by atoms with E-state index in [1.54, 1.807) is 0 Å². The third-order valence-electron chi connectivity index (χ3n) is 4.82. The summed E-state index contributed by atoms with van der Waals surface area (Å²) in [5.41, 5.74) is 2.07. The Labute approximate surface area is 135 Å². The third kappa shape index (κ3) is 3.13. The van der Waals surface area contributed by atoms with Crippen LogP contribution in [-0.2, 0) is 19.6 Å². The first-order valence-electron chi connectivity index (χ1n) is 8.40. The van der Waals surface area contributed by atoms with Crippen LogP contribution in [0.2, 0.25) is 0 Å². The average Bonchev–Trinajstić information content (AvgIpc) is 3.19. The van der Waals surface area contributed by atoms with Crippen molar-refractivity contribution in [2.45, 2.75) is 51.9 Å². The molecular formula is C15H23N7O. The van der Waals surface area contributed by atoms with Crippen molar-refractivity contribution in [2.24, 2.45) is 5.92 Å². The molecule has 0 saturated heterocycles. The van der Waals surface area contributed by atoms with Crippen molar-refractivity contribution in [3.8, 4) is 0 Å². The van der Waals surface area contributed by atoms with Crippen LogP contribution in [0.4, 0.5) is 0 Å². The fourth-order valence-corrected chi connectivity index (χ4v) is 3.23. The summed E-state index contributed by atoms with van der Waals surface area (Å²) in [5.74, 6) is 1.29. The zero-order chi connectivity index (χ0) is 15.8. The van der Waals surface area contributed by atoms with Crippen LogP contribution in [-0.4, -0.2) is 53.1 Å². The lowest BCUT2D eigenvalue weighted by molar-refractivity contribution is 0.147. The minimum Gasteiger partial charge on any atom is -0.386 e. The second-order valence-electron chi connectivity index (χ2n) is 6.64. The van der Waals surface area contributed by atoms with Crippen LogP contribution in [0.1, 0.15) is 42.6 Å². The van der Waals surface area contributed by atoms with Crippen molar-refractivity contribution in [3.05, 3.63) is 23.3 Å². The van der Waals surface area contributed by atoms with E-state index in [0.717, 1.165) is 63.5 Å². The number of aryl methyl sites for hydroxylation is 2. The maximum atomic E-state index is 10.2. The highest BCUT2D eigenvalue weighted by Crippen LogP contribution is 2.40. The first-order chi connectivity index (χ1) is 11.2. The highest BCUT2D eigenvalue weighted by molar-refractivity contribution is 5.16. The Morgan fingerprint density at radius 3 is 2.91 bits per heavy atom. The van der Waals surface area contributed by atoms with Crippen LogP contribution in [0.3, 0.4) is 0 Å². The number of aromatic nitrogens is 6. The summed E-state index contributed by atoms with van der Waals surface area (Å²) < 4.78 is 3.90. The molecule has 1 aliphatic heterocycles. The molecule has 2 aromatic heterocycles. The largest absolute Gasteiger partial charge is 0.386 e. The van der Waals surface area contributed by atoms with Crippen LogP contribution in [0.5, 0.6) is 0 Å². The first-order valence-corrected chi connectivity index (χ1v) is 8.40. The molecule has 0 radical (unpaired) electrons. The fourth-order valence-electron chi connectivity index (χ4n) is 3.23. The average molecular weight is 317 g/mol. The molecular weight excluding hydrogens is 294 g/mol. The molecule has 0 unspecified atom stereocenters. The zero-order valence-corrected chi connectivity index (χ0v) is 13.5. The molecule has 124 valence electrons. The molecule has 23 heavy (non-hydrogen) atoms. The van der Waals surface area contributed by atoms with E-state index in [2.05, 4.69) is 36.3 Å². The van der Waals surface area contributed by atoms with Crippen molar-refractivity contribution in [2.75, 3.05) is 13.1 Å². The van der Waals surface area contributed by atoms with Gasteiger partial charge >= 0.3 is 0 Å². The second kappa shape index (κ2) is 6.01. The van der Waals surface area contributed by atoms with Gasteiger partial charge in [0.15, 0.2) is 0 Å². The van der Waals surface area contributed by atoms with E-state index in [1.165, 1.54) is 5.69 Å². The Hall–Kier alpha value is -1.80. The summed E-state index contributed by atoms with van der Waals surface area (Å²) in [6, 6.07) is 2.08. The number of hydrogen-bond acceptors (Lipinski definition) is 6. The van der Waals surface area contributed by atoms with Gasteiger partial charge in [0.05, 0.1) is 17.9 Å². The molecule has 8 nitrogen and oxygen atoms in total.